The number of rotatable bonds is 6. The normalized spacial score (nSPS) is 20.5. The molecule has 1 unspecified atom stereocenters. The van der Waals surface area contributed by atoms with Crippen molar-refractivity contribution in [1.29, 1.82) is 0 Å². The van der Waals surface area contributed by atoms with E-state index in [1.165, 1.54) is 23.8 Å². The van der Waals surface area contributed by atoms with E-state index >= 15 is 0 Å². The van der Waals surface area contributed by atoms with Crippen LogP contribution in [-0.2, 0) is 0 Å². The Labute approximate surface area is 185 Å². The van der Waals surface area contributed by atoms with Crippen LogP contribution >= 0.6 is 0 Å². The molecule has 2 aliphatic carbocycles. The van der Waals surface area contributed by atoms with E-state index in [0.717, 1.165) is 43.4 Å². The molecule has 5 heteroatoms. The number of benzene rings is 1. The van der Waals surface area contributed by atoms with Crippen LogP contribution in [0.15, 0.2) is 47.3 Å². The zero-order chi connectivity index (χ0) is 22.2. The molecule has 2 fully saturated rings. The first-order valence-corrected chi connectivity index (χ1v) is 11.4. The lowest BCUT2D eigenvalue weighted by Crippen LogP contribution is -2.30. The molecule has 4 nitrogen and oxygen atoms in total. The maximum Gasteiger partial charge on any atom is 0.251 e. The Morgan fingerprint density at radius 1 is 1.23 bits per heavy atom. The SMILES string of the molecule is Cc1c(F)cc(C(=O)NC2CC2)cc1C1C=CC(C(NCC(C)(C)C)=C2CCC2)=CN1. The molecule has 31 heavy (non-hydrogen) atoms. The van der Waals surface area contributed by atoms with Gasteiger partial charge in [0.2, 0.25) is 0 Å². The number of carbonyl (C=O) groups excluding carboxylic acids is 1. The fraction of sp³-hybridized carbons (Fsp3) is 0.500. The van der Waals surface area contributed by atoms with Crippen LogP contribution in [0.5, 0.6) is 0 Å². The minimum absolute atomic E-state index is 0.165. The quantitative estimate of drug-likeness (QED) is 0.591. The van der Waals surface area contributed by atoms with Crippen molar-refractivity contribution >= 4 is 5.91 Å². The van der Waals surface area contributed by atoms with E-state index in [-0.39, 0.29) is 29.2 Å². The monoisotopic (exact) mass is 423 g/mol. The molecular weight excluding hydrogens is 389 g/mol. The van der Waals surface area contributed by atoms with Gasteiger partial charge in [0.1, 0.15) is 5.82 Å². The number of nitrogens with one attached hydrogen (secondary N) is 3. The number of hydrogen-bond donors (Lipinski definition) is 3. The molecule has 1 amide bonds. The second kappa shape index (κ2) is 8.52. The Hall–Kier alpha value is -2.56. The third-order valence-electron chi connectivity index (χ3n) is 6.18. The molecule has 0 saturated heterocycles. The molecule has 3 N–H and O–H groups in total. The molecule has 1 aromatic carbocycles. The third-order valence-corrected chi connectivity index (χ3v) is 6.18. The third kappa shape index (κ3) is 5.20. The van der Waals surface area contributed by atoms with Crippen LogP contribution in [-0.4, -0.2) is 18.5 Å². The molecule has 1 aliphatic heterocycles. The van der Waals surface area contributed by atoms with Crippen LogP contribution in [0.3, 0.4) is 0 Å². The number of carbonyl (C=O) groups is 1. The molecule has 166 valence electrons. The molecule has 1 heterocycles. The predicted molar refractivity (Wildman–Crippen MR) is 123 cm³/mol. The molecule has 0 radical (unpaired) electrons. The zero-order valence-electron chi connectivity index (χ0n) is 19.1. The highest BCUT2D eigenvalue weighted by atomic mass is 19.1. The van der Waals surface area contributed by atoms with Gasteiger partial charge in [-0.25, -0.2) is 4.39 Å². The summed E-state index contributed by atoms with van der Waals surface area (Å²) in [6.45, 7) is 9.36. The summed E-state index contributed by atoms with van der Waals surface area (Å²) in [5, 5.41) is 10.0. The predicted octanol–water partition coefficient (Wildman–Crippen LogP) is 5.18. The first-order valence-electron chi connectivity index (χ1n) is 11.4. The van der Waals surface area contributed by atoms with E-state index in [1.807, 2.05) is 12.3 Å². The molecule has 2 saturated carbocycles. The standard InChI is InChI=1S/C26H34FN3O/c1-16-21(12-19(13-22(16)27)25(31)30-20-9-10-20)23-11-8-18(14-28-23)24(17-6-5-7-17)29-15-26(2,3)4/h8,11-14,20,23,28-29H,5-7,9-10,15H2,1-4H3,(H,30,31). The summed E-state index contributed by atoms with van der Waals surface area (Å²) in [4.78, 5) is 12.5. The Morgan fingerprint density at radius 2 is 1.97 bits per heavy atom. The maximum absolute atomic E-state index is 14.6. The molecule has 4 rings (SSSR count). The minimum Gasteiger partial charge on any atom is -0.384 e. The average molecular weight is 424 g/mol. The first-order chi connectivity index (χ1) is 14.7. The lowest BCUT2D eigenvalue weighted by Gasteiger charge is -2.29. The second-order valence-corrected chi connectivity index (χ2v) is 10.3. The summed E-state index contributed by atoms with van der Waals surface area (Å²) in [5.41, 5.74) is 5.79. The van der Waals surface area contributed by atoms with Gasteiger partial charge in [0, 0.05) is 35.6 Å². The minimum atomic E-state index is -0.340. The van der Waals surface area contributed by atoms with Gasteiger partial charge in [0.05, 0.1) is 6.04 Å². The Bertz CT molecular complexity index is 958. The summed E-state index contributed by atoms with van der Waals surface area (Å²) in [7, 11) is 0. The second-order valence-electron chi connectivity index (χ2n) is 10.3. The first kappa shape index (κ1) is 21.7. The molecule has 3 aliphatic rings. The molecule has 0 aromatic heterocycles. The summed E-state index contributed by atoms with van der Waals surface area (Å²) in [6.07, 6.45) is 11.8. The van der Waals surface area contributed by atoms with E-state index in [1.54, 1.807) is 6.92 Å². The van der Waals surface area contributed by atoms with E-state index in [4.69, 9.17) is 0 Å². The number of dihydropyridines is 1. The van der Waals surface area contributed by atoms with Gasteiger partial charge in [-0.05, 0) is 73.3 Å². The Balaban J connectivity index is 1.52. The molecule has 1 aromatic rings. The number of halogens is 1. The fourth-order valence-electron chi connectivity index (χ4n) is 3.87. The van der Waals surface area contributed by atoms with Gasteiger partial charge in [-0.15, -0.1) is 0 Å². The van der Waals surface area contributed by atoms with Crippen molar-refractivity contribution in [3.05, 3.63) is 69.8 Å². The Morgan fingerprint density at radius 3 is 2.52 bits per heavy atom. The van der Waals surface area contributed by atoms with Crippen LogP contribution in [0.2, 0.25) is 0 Å². The number of amides is 1. The topological polar surface area (TPSA) is 53.2 Å². The highest BCUT2D eigenvalue weighted by Crippen LogP contribution is 2.33. The summed E-state index contributed by atoms with van der Waals surface area (Å²) < 4.78 is 14.6. The molecular formula is C26H34FN3O. The largest absolute Gasteiger partial charge is 0.384 e. The van der Waals surface area contributed by atoms with Crippen molar-refractivity contribution in [1.82, 2.24) is 16.0 Å². The van der Waals surface area contributed by atoms with Gasteiger partial charge in [-0.2, -0.15) is 0 Å². The summed E-state index contributed by atoms with van der Waals surface area (Å²) >= 11 is 0. The van der Waals surface area contributed by atoms with Crippen molar-refractivity contribution in [2.75, 3.05) is 6.54 Å². The molecule has 0 spiro atoms. The van der Waals surface area contributed by atoms with E-state index < -0.39 is 0 Å². The van der Waals surface area contributed by atoms with Crippen molar-refractivity contribution in [2.24, 2.45) is 5.41 Å². The fourth-order valence-corrected chi connectivity index (χ4v) is 3.87. The molecule has 0 bridgehead atoms. The lowest BCUT2D eigenvalue weighted by atomic mass is 9.86. The zero-order valence-corrected chi connectivity index (χ0v) is 19.1. The van der Waals surface area contributed by atoms with Gasteiger partial charge >= 0.3 is 0 Å². The van der Waals surface area contributed by atoms with Crippen LogP contribution in [0.4, 0.5) is 4.39 Å². The van der Waals surface area contributed by atoms with Gasteiger partial charge in [-0.1, -0.05) is 32.9 Å². The number of allylic oxidation sites excluding steroid dienone is 2. The summed E-state index contributed by atoms with van der Waals surface area (Å²) in [6, 6.07) is 3.25. The van der Waals surface area contributed by atoms with E-state index in [2.05, 4.69) is 48.9 Å². The Kier molecular flexibility index (Phi) is 5.96. The van der Waals surface area contributed by atoms with Gasteiger partial charge in [0.25, 0.3) is 5.91 Å². The summed E-state index contributed by atoms with van der Waals surface area (Å²) in [5.74, 6) is -0.533. The van der Waals surface area contributed by atoms with Crippen molar-refractivity contribution in [3.8, 4) is 0 Å². The van der Waals surface area contributed by atoms with Crippen molar-refractivity contribution in [3.63, 3.8) is 0 Å². The highest BCUT2D eigenvalue weighted by molar-refractivity contribution is 5.95. The van der Waals surface area contributed by atoms with Gasteiger partial charge in [-0.3, -0.25) is 4.79 Å². The number of hydrogen-bond acceptors (Lipinski definition) is 3. The highest BCUT2D eigenvalue weighted by Gasteiger charge is 2.26. The van der Waals surface area contributed by atoms with Gasteiger partial charge < -0.3 is 16.0 Å². The van der Waals surface area contributed by atoms with E-state index in [9.17, 15) is 9.18 Å². The van der Waals surface area contributed by atoms with Crippen LogP contribution in [0, 0.1) is 18.2 Å². The smallest absolute Gasteiger partial charge is 0.251 e. The van der Waals surface area contributed by atoms with Crippen LogP contribution < -0.4 is 16.0 Å². The molecule has 1 atom stereocenters. The van der Waals surface area contributed by atoms with Crippen LogP contribution in [0.1, 0.15) is 80.4 Å². The van der Waals surface area contributed by atoms with Crippen LogP contribution in [0.25, 0.3) is 0 Å². The van der Waals surface area contributed by atoms with Crippen molar-refractivity contribution in [2.45, 2.75) is 71.9 Å². The van der Waals surface area contributed by atoms with Crippen molar-refractivity contribution < 1.29 is 9.18 Å². The average Bonchev–Trinajstić information content (AvgIpc) is 3.49. The maximum atomic E-state index is 14.6. The van der Waals surface area contributed by atoms with Gasteiger partial charge in [0.15, 0.2) is 0 Å². The van der Waals surface area contributed by atoms with E-state index in [0.29, 0.717) is 11.1 Å². The lowest BCUT2D eigenvalue weighted by molar-refractivity contribution is 0.0950.